The molecule has 6 heteroatoms. The van der Waals surface area contributed by atoms with Crippen LogP contribution in [-0.2, 0) is 0 Å². The molecule has 1 N–H and O–H groups in total. The zero-order valence-electron chi connectivity index (χ0n) is 15.5. The van der Waals surface area contributed by atoms with E-state index in [2.05, 4.69) is 34.3 Å². The van der Waals surface area contributed by atoms with E-state index >= 15 is 0 Å². The molecule has 0 saturated heterocycles. The van der Waals surface area contributed by atoms with Crippen LogP contribution in [0.15, 0.2) is 54.6 Å². The summed E-state index contributed by atoms with van der Waals surface area (Å²) in [6, 6.07) is 17.9. The van der Waals surface area contributed by atoms with Gasteiger partial charge < -0.3 is 19.7 Å². The Hall–Kier alpha value is -3.28. The molecule has 0 aliphatic carbocycles. The van der Waals surface area contributed by atoms with Crippen molar-refractivity contribution in [1.29, 1.82) is 0 Å². The minimum atomic E-state index is 0.565. The van der Waals surface area contributed by atoms with E-state index in [0.717, 1.165) is 40.9 Å². The van der Waals surface area contributed by atoms with E-state index in [1.165, 1.54) is 0 Å². The van der Waals surface area contributed by atoms with Crippen molar-refractivity contribution in [2.75, 3.05) is 30.0 Å². The average molecular weight is 362 g/mol. The molecular formula is C21H22N4O2. The summed E-state index contributed by atoms with van der Waals surface area (Å²) in [5, 5.41) is 3.35. The van der Waals surface area contributed by atoms with E-state index < -0.39 is 0 Å². The Labute approximate surface area is 158 Å². The van der Waals surface area contributed by atoms with Gasteiger partial charge in [-0.3, -0.25) is 0 Å². The Kier molecular flexibility index (Phi) is 4.78. The maximum atomic E-state index is 5.66. The Morgan fingerprint density at radius 2 is 1.74 bits per heavy atom. The van der Waals surface area contributed by atoms with Crippen LogP contribution in [0.5, 0.6) is 11.5 Å². The second-order valence-corrected chi connectivity index (χ2v) is 6.26. The van der Waals surface area contributed by atoms with E-state index in [9.17, 15) is 0 Å². The average Bonchev–Trinajstić information content (AvgIpc) is 2.69. The van der Waals surface area contributed by atoms with Crippen LogP contribution in [0.1, 0.15) is 12.6 Å². The molecule has 138 valence electrons. The summed E-state index contributed by atoms with van der Waals surface area (Å²) >= 11 is 0. The summed E-state index contributed by atoms with van der Waals surface area (Å²) in [7, 11) is 0. The summed E-state index contributed by atoms with van der Waals surface area (Å²) in [5.74, 6) is 2.93. The SMILES string of the molecule is CCN(c1ccccc1)c1nc(C)cc(Nc2ccc3c(c2)OCCO3)n1. The second kappa shape index (κ2) is 7.53. The van der Waals surface area contributed by atoms with Crippen LogP contribution in [0.4, 0.5) is 23.1 Å². The van der Waals surface area contributed by atoms with Gasteiger partial charge in [-0.2, -0.15) is 4.98 Å². The zero-order chi connectivity index (χ0) is 18.6. The molecule has 0 radical (unpaired) electrons. The van der Waals surface area contributed by atoms with Crippen molar-refractivity contribution in [2.24, 2.45) is 0 Å². The molecular weight excluding hydrogens is 340 g/mol. The first kappa shape index (κ1) is 17.1. The van der Waals surface area contributed by atoms with Crippen molar-refractivity contribution in [3.05, 3.63) is 60.3 Å². The highest BCUT2D eigenvalue weighted by atomic mass is 16.6. The number of hydrogen-bond acceptors (Lipinski definition) is 6. The minimum Gasteiger partial charge on any atom is -0.486 e. The molecule has 6 nitrogen and oxygen atoms in total. The summed E-state index contributed by atoms with van der Waals surface area (Å²) < 4.78 is 11.2. The van der Waals surface area contributed by atoms with Gasteiger partial charge in [0, 0.05) is 35.7 Å². The van der Waals surface area contributed by atoms with Gasteiger partial charge in [-0.15, -0.1) is 0 Å². The fourth-order valence-electron chi connectivity index (χ4n) is 3.05. The van der Waals surface area contributed by atoms with Gasteiger partial charge in [0.2, 0.25) is 5.95 Å². The van der Waals surface area contributed by atoms with Crippen molar-refractivity contribution in [3.8, 4) is 11.5 Å². The van der Waals surface area contributed by atoms with Gasteiger partial charge >= 0.3 is 0 Å². The third-order valence-electron chi connectivity index (χ3n) is 4.28. The van der Waals surface area contributed by atoms with Crippen LogP contribution < -0.4 is 19.7 Å². The number of ether oxygens (including phenoxy) is 2. The van der Waals surface area contributed by atoms with Crippen molar-refractivity contribution >= 4 is 23.1 Å². The van der Waals surface area contributed by atoms with Gasteiger partial charge in [-0.1, -0.05) is 18.2 Å². The van der Waals surface area contributed by atoms with Crippen molar-refractivity contribution in [2.45, 2.75) is 13.8 Å². The molecule has 0 fully saturated rings. The minimum absolute atomic E-state index is 0.565. The summed E-state index contributed by atoms with van der Waals surface area (Å²) in [5.41, 5.74) is 2.86. The lowest BCUT2D eigenvalue weighted by molar-refractivity contribution is 0.171. The number of nitrogens with one attached hydrogen (secondary N) is 1. The van der Waals surface area contributed by atoms with Gasteiger partial charge in [0.15, 0.2) is 11.5 Å². The number of rotatable bonds is 5. The highest BCUT2D eigenvalue weighted by Gasteiger charge is 2.14. The second-order valence-electron chi connectivity index (χ2n) is 6.26. The largest absolute Gasteiger partial charge is 0.486 e. The first-order valence-electron chi connectivity index (χ1n) is 9.08. The van der Waals surface area contributed by atoms with Crippen molar-refractivity contribution in [3.63, 3.8) is 0 Å². The van der Waals surface area contributed by atoms with E-state index in [1.807, 2.05) is 49.4 Å². The number of aryl methyl sites for hydroxylation is 1. The first-order chi connectivity index (χ1) is 13.2. The summed E-state index contributed by atoms with van der Waals surface area (Å²) in [6.07, 6.45) is 0. The molecule has 2 heterocycles. The molecule has 3 aromatic rings. The summed E-state index contributed by atoms with van der Waals surface area (Å²) in [6.45, 7) is 5.98. The third kappa shape index (κ3) is 3.79. The number of fused-ring (bicyclic) bond motifs is 1. The molecule has 0 unspecified atom stereocenters. The van der Waals surface area contributed by atoms with E-state index in [-0.39, 0.29) is 0 Å². The van der Waals surface area contributed by atoms with Gasteiger partial charge in [0.25, 0.3) is 0 Å². The molecule has 0 atom stereocenters. The molecule has 0 spiro atoms. The molecule has 0 saturated carbocycles. The Morgan fingerprint density at radius 1 is 0.963 bits per heavy atom. The van der Waals surface area contributed by atoms with E-state index in [4.69, 9.17) is 14.5 Å². The van der Waals surface area contributed by atoms with Crippen LogP contribution in [0.25, 0.3) is 0 Å². The van der Waals surface area contributed by atoms with Gasteiger partial charge in [-0.05, 0) is 38.1 Å². The highest BCUT2D eigenvalue weighted by Crippen LogP contribution is 2.33. The summed E-state index contributed by atoms with van der Waals surface area (Å²) in [4.78, 5) is 11.4. The quantitative estimate of drug-likeness (QED) is 0.723. The number of para-hydroxylation sites is 1. The van der Waals surface area contributed by atoms with E-state index in [1.54, 1.807) is 0 Å². The maximum Gasteiger partial charge on any atom is 0.232 e. The molecule has 4 rings (SSSR count). The van der Waals surface area contributed by atoms with Gasteiger partial charge in [0.05, 0.1) is 0 Å². The fourth-order valence-corrected chi connectivity index (χ4v) is 3.05. The topological polar surface area (TPSA) is 59.5 Å². The smallest absolute Gasteiger partial charge is 0.232 e. The number of anilines is 4. The van der Waals surface area contributed by atoms with Crippen LogP contribution in [-0.4, -0.2) is 29.7 Å². The van der Waals surface area contributed by atoms with E-state index in [0.29, 0.717) is 19.2 Å². The van der Waals surface area contributed by atoms with Crippen molar-refractivity contribution < 1.29 is 9.47 Å². The highest BCUT2D eigenvalue weighted by molar-refractivity contribution is 5.64. The Balaban J connectivity index is 1.62. The lowest BCUT2D eigenvalue weighted by Crippen LogP contribution is -2.19. The lowest BCUT2D eigenvalue weighted by atomic mass is 10.2. The third-order valence-corrected chi connectivity index (χ3v) is 4.28. The predicted octanol–water partition coefficient (Wildman–Crippen LogP) is 4.46. The van der Waals surface area contributed by atoms with Gasteiger partial charge in [-0.25, -0.2) is 4.98 Å². The predicted molar refractivity (Wildman–Crippen MR) is 107 cm³/mol. The molecule has 0 bridgehead atoms. The Morgan fingerprint density at radius 3 is 2.52 bits per heavy atom. The number of hydrogen-bond donors (Lipinski definition) is 1. The fraction of sp³-hybridized carbons (Fsp3) is 0.238. The normalized spacial score (nSPS) is 12.5. The van der Waals surface area contributed by atoms with Crippen LogP contribution >= 0.6 is 0 Å². The number of aromatic nitrogens is 2. The molecule has 2 aromatic carbocycles. The number of benzene rings is 2. The molecule has 1 aromatic heterocycles. The standard InChI is InChI=1S/C21H22N4O2/c1-3-25(17-7-5-4-6-8-17)21-22-15(2)13-20(24-21)23-16-9-10-18-19(14-16)27-12-11-26-18/h4-10,13-14H,3,11-12H2,1-2H3,(H,22,23,24). The Bertz CT molecular complexity index is 931. The lowest BCUT2D eigenvalue weighted by Gasteiger charge is -2.22. The molecule has 27 heavy (non-hydrogen) atoms. The first-order valence-corrected chi connectivity index (χ1v) is 9.08. The van der Waals surface area contributed by atoms with Crippen LogP contribution in [0.2, 0.25) is 0 Å². The van der Waals surface area contributed by atoms with Crippen molar-refractivity contribution in [1.82, 2.24) is 9.97 Å². The molecule has 1 aliphatic rings. The zero-order valence-corrected chi connectivity index (χ0v) is 15.5. The van der Waals surface area contributed by atoms with Gasteiger partial charge in [0.1, 0.15) is 19.0 Å². The van der Waals surface area contributed by atoms with Crippen LogP contribution in [0.3, 0.4) is 0 Å². The monoisotopic (exact) mass is 362 g/mol. The molecule has 1 aliphatic heterocycles. The maximum absolute atomic E-state index is 5.66. The molecule has 0 amide bonds. The van der Waals surface area contributed by atoms with Crippen LogP contribution in [0, 0.1) is 6.92 Å². The number of nitrogens with zero attached hydrogens (tertiary/aromatic N) is 3.